The van der Waals surface area contributed by atoms with E-state index >= 15 is 0 Å². The fourth-order valence-corrected chi connectivity index (χ4v) is 2.64. The fourth-order valence-electron chi connectivity index (χ4n) is 1.77. The van der Waals surface area contributed by atoms with Gasteiger partial charge in [0.15, 0.2) is 0 Å². The summed E-state index contributed by atoms with van der Waals surface area (Å²) in [5, 5.41) is 15.2. The number of aromatic nitrogens is 2. The van der Waals surface area contributed by atoms with Crippen LogP contribution >= 0.6 is 22.9 Å². The lowest BCUT2D eigenvalue weighted by Gasteiger charge is -1.99. The Morgan fingerprint density at radius 2 is 2.23 bits per heavy atom. The molecule has 0 bridgehead atoms. The van der Waals surface area contributed by atoms with E-state index in [1.54, 1.807) is 0 Å². The normalized spacial score (nSPS) is 11.4. The number of hydrogen-bond donors (Lipinski definition) is 0. The van der Waals surface area contributed by atoms with Gasteiger partial charge in [0.2, 0.25) is 5.82 Å². The predicted molar refractivity (Wildman–Crippen MR) is 82.5 cm³/mol. The van der Waals surface area contributed by atoms with E-state index in [0.717, 1.165) is 4.88 Å². The van der Waals surface area contributed by atoms with E-state index in [4.69, 9.17) is 16.1 Å². The lowest BCUT2D eigenvalue weighted by molar-refractivity contribution is 0.409. The van der Waals surface area contributed by atoms with Crippen LogP contribution in [-0.2, 0) is 0 Å². The van der Waals surface area contributed by atoms with E-state index in [9.17, 15) is 9.65 Å². The Kier molecular flexibility index (Phi) is 4.00. The summed E-state index contributed by atoms with van der Waals surface area (Å²) in [6.45, 7) is 0. The summed E-state index contributed by atoms with van der Waals surface area (Å²) in [7, 11) is 0. The van der Waals surface area contributed by atoms with Crippen molar-refractivity contribution in [1.29, 1.82) is 5.26 Å². The molecule has 108 valence electrons. The third kappa shape index (κ3) is 2.77. The zero-order chi connectivity index (χ0) is 15.5. The quantitative estimate of drug-likeness (QED) is 0.655. The summed E-state index contributed by atoms with van der Waals surface area (Å²) in [6.07, 6.45) is 1.30. The molecule has 0 amide bonds. The SMILES string of the molecule is N#C/C(=C\c1c(F)cccc1Cl)c1nc(-c2cccs2)no1. The van der Waals surface area contributed by atoms with Gasteiger partial charge in [-0.2, -0.15) is 10.2 Å². The van der Waals surface area contributed by atoms with Gasteiger partial charge in [0, 0.05) is 5.56 Å². The summed E-state index contributed by atoms with van der Waals surface area (Å²) in [5.74, 6) is -0.130. The molecule has 7 heteroatoms. The van der Waals surface area contributed by atoms with E-state index < -0.39 is 5.82 Å². The first-order valence-electron chi connectivity index (χ1n) is 6.13. The van der Waals surface area contributed by atoms with Crippen LogP contribution in [0.3, 0.4) is 0 Å². The minimum Gasteiger partial charge on any atom is -0.333 e. The minimum atomic E-state index is -0.529. The molecule has 3 aromatic rings. The zero-order valence-corrected chi connectivity index (χ0v) is 12.5. The molecule has 0 unspecified atom stereocenters. The number of hydrogen-bond acceptors (Lipinski definition) is 5. The molecule has 0 spiro atoms. The molecule has 2 aromatic heterocycles. The highest BCUT2D eigenvalue weighted by Gasteiger charge is 2.15. The van der Waals surface area contributed by atoms with Gasteiger partial charge in [0.1, 0.15) is 17.5 Å². The average Bonchev–Trinajstić information content (AvgIpc) is 3.18. The number of nitriles is 1. The second-order valence-corrected chi connectivity index (χ2v) is 5.56. The van der Waals surface area contributed by atoms with Gasteiger partial charge in [-0.15, -0.1) is 11.3 Å². The van der Waals surface area contributed by atoms with Crippen molar-refractivity contribution < 1.29 is 8.91 Å². The highest BCUT2D eigenvalue weighted by molar-refractivity contribution is 7.13. The molecule has 4 nitrogen and oxygen atoms in total. The first-order chi connectivity index (χ1) is 10.7. The number of allylic oxidation sites excluding steroid dienone is 1. The van der Waals surface area contributed by atoms with Crippen molar-refractivity contribution in [2.45, 2.75) is 0 Å². The van der Waals surface area contributed by atoms with Crippen LogP contribution in [0.4, 0.5) is 4.39 Å². The zero-order valence-electron chi connectivity index (χ0n) is 11.0. The third-order valence-corrected chi connectivity index (χ3v) is 4.00. The van der Waals surface area contributed by atoms with Crippen molar-refractivity contribution >= 4 is 34.6 Å². The summed E-state index contributed by atoms with van der Waals surface area (Å²) in [6, 6.07) is 9.90. The molecule has 0 aliphatic carbocycles. The molecule has 3 rings (SSSR count). The second kappa shape index (κ2) is 6.10. The molecule has 0 fully saturated rings. The summed E-state index contributed by atoms with van der Waals surface area (Å²) >= 11 is 7.39. The Morgan fingerprint density at radius 1 is 1.36 bits per heavy atom. The summed E-state index contributed by atoms with van der Waals surface area (Å²) < 4.78 is 18.9. The largest absolute Gasteiger partial charge is 0.333 e. The Morgan fingerprint density at radius 3 is 2.91 bits per heavy atom. The van der Waals surface area contributed by atoms with Crippen LogP contribution < -0.4 is 0 Å². The van der Waals surface area contributed by atoms with Crippen LogP contribution in [0.5, 0.6) is 0 Å². The molecule has 0 N–H and O–H groups in total. The minimum absolute atomic E-state index is 0.0187. The number of nitrogens with zero attached hydrogens (tertiary/aromatic N) is 3. The molecular weight excluding hydrogens is 325 g/mol. The number of halogens is 2. The van der Waals surface area contributed by atoms with Crippen molar-refractivity contribution in [3.05, 3.63) is 58.0 Å². The molecule has 0 saturated carbocycles. The maximum atomic E-state index is 13.8. The topological polar surface area (TPSA) is 62.7 Å². The van der Waals surface area contributed by atoms with Gasteiger partial charge in [0.05, 0.1) is 9.90 Å². The first-order valence-corrected chi connectivity index (χ1v) is 7.38. The Labute approximate surface area is 134 Å². The monoisotopic (exact) mass is 331 g/mol. The van der Waals surface area contributed by atoms with Crippen LogP contribution in [0.1, 0.15) is 11.5 Å². The van der Waals surface area contributed by atoms with Gasteiger partial charge in [-0.25, -0.2) is 4.39 Å². The predicted octanol–water partition coefficient (Wildman–Crippen LogP) is 4.65. The Bertz CT molecular complexity index is 860. The second-order valence-electron chi connectivity index (χ2n) is 4.21. The first kappa shape index (κ1) is 14.4. The van der Waals surface area contributed by atoms with Crippen LogP contribution in [0.2, 0.25) is 5.02 Å². The smallest absolute Gasteiger partial charge is 0.268 e. The van der Waals surface area contributed by atoms with E-state index in [0.29, 0.717) is 5.82 Å². The number of rotatable bonds is 3. The summed E-state index contributed by atoms with van der Waals surface area (Å²) in [4.78, 5) is 4.97. The molecule has 0 saturated heterocycles. The lowest BCUT2D eigenvalue weighted by atomic mass is 10.1. The van der Waals surface area contributed by atoms with Crippen molar-refractivity contribution in [2.75, 3.05) is 0 Å². The van der Waals surface area contributed by atoms with Gasteiger partial charge in [0.25, 0.3) is 5.89 Å². The van der Waals surface area contributed by atoms with E-state index in [-0.39, 0.29) is 22.0 Å². The fraction of sp³-hybridized carbons (Fsp3) is 0. The number of benzene rings is 1. The van der Waals surface area contributed by atoms with Gasteiger partial charge < -0.3 is 4.52 Å². The van der Waals surface area contributed by atoms with Gasteiger partial charge >= 0.3 is 0 Å². The molecule has 0 radical (unpaired) electrons. The molecule has 1 aromatic carbocycles. The highest BCUT2D eigenvalue weighted by atomic mass is 35.5. The maximum absolute atomic E-state index is 13.8. The van der Waals surface area contributed by atoms with Gasteiger partial charge in [-0.3, -0.25) is 0 Å². The van der Waals surface area contributed by atoms with Crippen LogP contribution in [0, 0.1) is 17.1 Å². The average molecular weight is 332 g/mol. The Balaban J connectivity index is 2.02. The van der Waals surface area contributed by atoms with Crippen molar-refractivity contribution in [3.63, 3.8) is 0 Å². The third-order valence-electron chi connectivity index (χ3n) is 2.81. The van der Waals surface area contributed by atoms with E-state index in [1.807, 2.05) is 23.6 Å². The standard InChI is InChI=1S/C15H7ClFN3OS/c16-11-3-1-4-12(17)10(11)7-9(8-18)15-19-14(20-21-15)13-5-2-6-22-13/h1-7H/b9-7+. The van der Waals surface area contributed by atoms with Crippen molar-refractivity contribution in [3.8, 4) is 16.8 Å². The summed E-state index contributed by atoms with van der Waals surface area (Å²) in [5.41, 5.74) is 0.152. The molecule has 22 heavy (non-hydrogen) atoms. The van der Waals surface area contributed by atoms with Crippen LogP contribution in [-0.4, -0.2) is 10.1 Å². The molecule has 2 heterocycles. The molecule has 0 atom stereocenters. The lowest BCUT2D eigenvalue weighted by Crippen LogP contribution is -1.87. The maximum Gasteiger partial charge on any atom is 0.268 e. The Hall–Kier alpha value is -2.49. The van der Waals surface area contributed by atoms with Gasteiger partial charge in [-0.1, -0.05) is 28.9 Å². The van der Waals surface area contributed by atoms with E-state index in [1.165, 1.54) is 35.6 Å². The molecule has 0 aliphatic rings. The molecular formula is C15H7ClFN3OS. The van der Waals surface area contributed by atoms with Crippen molar-refractivity contribution in [2.24, 2.45) is 0 Å². The van der Waals surface area contributed by atoms with E-state index in [2.05, 4.69) is 10.1 Å². The number of thiophene rings is 1. The van der Waals surface area contributed by atoms with Crippen molar-refractivity contribution in [1.82, 2.24) is 10.1 Å². The molecule has 0 aliphatic heterocycles. The van der Waals surface area contributed by atoms with Crippen LogP contribution in [0.25, 0.3) is 22.4 Å². The highest BCUT2D eigenvalue weighted by Crippen LogP contribution is 2.27. The van der Waals surface area contributed by atoms with Crippen LogP contribution in [0.15, 0.2) is 40.2 Å². The van der Waals surface area contributed by atoms with Gasteiger partial charge in [-0.05, 0) is 29.7 Å².